The molecule has 12 heteroatoms. The first kappa shape index (κ1) is 20.9. The van der Waals surface area contributed by atoms with Crippen LogP contribution in [0.25, 0.3) is 11.5 Å². The second-order valence-electron chi connectivity index (χ2n) is 8.53. The number of benzene rings is 1. The van der Waals surface area contributed by atoms with Gasteiger partial charge in [0.2, 0.25) is 18.0 Å². The maximum absolute atomic E-state index is 9.18. The Morgan fingerprint density at radius 3 is 2.74 bits per heavy atom. The summed E-state index contributed by atoms with van der Waals surface area (Å²) in [7, 11) is 0. The number of H-pyrrole nitrogens is 1. The van der Waals surface area contributed by atoms with E-state index in [1.54, 1.807) is 12.4 Å². The smallest absolute Gasteiger partial charge is 0.250 e. The van der Waals surface area contributed by atoms with E-state index in [4.69, 9.17) is 4.42 Å². The SMILES string of the molecule is N#C/N=C(/Cc1nnc(-c2cnc(NC3Cc4ccccc4C3)nc2)o1)N1CCc2[nH]nnc2C1. The zero-order valence-corrected chi connectivity index (χ0v) is 18.7. The minimum absolute atomic E-state index is 0.233. The summed E-state index contributed by atoms with van der Waals surface area (Å²) in [5, 5.41) is 31.7. The molecule has 1 aliphatic heterocycles. The van der Waals surface area contributed by atoms with Crippen molar-refractivity contribution in [1.29, 1.82) is 5.26 Å². The lowest BCUT2D eigenvalue weighted by molar-refractivity contribution is 0.376. The average Bonchev–Trinajstić information content (AvgIpc) is 3.63. The number of nitriles is 1. The van der Waals surface area contributed by atoms with Crippen LogP contribution in [0.2, 0.25) is 0 Å². The van der Waals surface area contributed by atoms with Crippen molar-refractivity contribution >= 4 is 11.8 Å². The van der Waals surface area contributed by atoms with E-state index < -0.39 is 0 Å². The highest BCUT2D eigenvalue weighted by Gasteiger charge is 2.24. The van der Waals surface area contributed by atoms with Gasteiger partial charge in [-0.25, -0.2) is 9.97 Å². The topological polar surface area (TPSA) is 158 Å². The molecule has 0 spiro atoms. The van der Waals surface area contributed by atoms with Crippen molar-refractivity contribution in [1.82, 2.24) is 40.5 Å². The maximum Gasteiger partial charge on any atom is 0.250 e. The third-order valence-corrected chi connectivity index (χ3v) is 6.28. The van der Waals surface area contributed by atoms with Crippen molar-refractivity contribution in [2.45, 2.75) is 38.3 Å². The van der Waals surface area contributed by atoms with E-state index in [0.717, 1.165) is 30.7 Å². The Morgan fingerprint density at radius 2 is 1.97 bits per heavy atom. The highest BCUT2D eigenvalue weighted by Crippen LogP contribution is 2.24. The van der Waals surface area contributed by atoms with Crippen molar-refractivity contribution in [3.63, 3.8) is 0 Å². The van der Waals surface area contributed by atoms with Gasteiger partial charge in [-0.2, -0.15) is 10.3 Å². The van der Waals surface area contributed by atoms with Crippen LogP contribution in [0, 0.1) is 11.5 Å². The first-order chi connectivity index (χ1) is 17.2. The van der Waals surface area contributed by atoms with Gasteiger partial charge >= 0.3 is 0 Å². The van der Waals surface area contributed by atoms with Gasteiger partial charge in [0.05, 0.1) is 24.2 Å². The molecule has 0 radical (unpaired) electrons. The van der Waals surface area contributed by atoms with Gasteiger partial charge in [-0.05, 0) is 24.0 Å². The maximum atomic E-state index is 9.18. The summed E-state index contributed by atoms with van der Waals surface area (Å²) in [6, 6.07) is 8.74. The number of aromatic amines is 1. The van der Waals surface area contributed by atoms with Gasteiger partial charge in [-0.3, -0.25) is 5.10 Å². The molecular formula is C23H21N11O. The Hall–Kier alpha value is -4.66. The van der Waals surface area contributed by atoms with Crippen molar-refractivity contribution in [2.24, 2.45) is 4.99 Å². The fraction of sp³-hybridized carbons (Fsp3) is 0.304. The van der Waals surface area contributed by atoms with Gasteiger partial charge in [0.1, 0.15) is 11.5 Å². The molecule has 4 heterocycles. The molecule has 12 nitrogen and oxygen atoms in total. The normalized spacial score (nSPS) is 15.5. The van der Waals surface area contributed by atoms with Crippen LogP contribution < -0.4 is 5.32 Å². The molecular weight excluding hydrogens is 446 g/mol. The second-order valence-corrected chi connectivity index (χ2v) is 8.53. The first-order valence-corrected chi connectivity index (χ1v) is 11.3. The van der Waals surface area contributed by atoms with Gasteiger partial charge in [-0.1, -0.05) is 29.5 Å². The summed E-state index contributed by atoms with van der Waals surface area (Å²) in [4.78, 5) is 14.8. The lowest BCUT2D eigenvalue weighted by Gasteiger charge is -2.27. The highest BCUT2D eigenvalue weighted by atomic mass is 16.4. The minimum atomic E-state index is 0.233. The van der Waals surface area contributed by atoms with Crippen LogP contribution in [-0.2, 0) is 32.2 Å². The van der Waals surface area contributed by atoms with Gasteiger partial charge in [0.25, 0.3) is 5.89 Å². The fourth-order valence-corrected chi connectivity index (χ4v) is 4.54. The molecule has 35 heavy (non-hydrogen) atoms. The number of rotatable bonds is 5. The standard InChI is InChI=1S/C23H21N11O/c24-13-27-20(34-6-5-18-19(12-34)30-33-29-18)9-21-31-32-22(35-21)16-10-25-23(26-11-16)28-17-7-14-3-1-2-4-15(14)8-17/h1-4,10-11,17H,5-9,12H2,(H,25,26,28)(H,29,30,33)/b27-20-. The van der Waals surface area contributed by atoms with Crippen molar-refractivity contribution < 1.29 is 4.42 Å². The molecule has 2 aliphatic rings. The molecule has 0 unspecified atom stereocenters. The Morgan fingerprint density at radius 1 is 1.17 bits per heavy atom. The summed E-state index contributed by atoms with van der Waals surface area (Å²) >= 11 is 0. The van der Waals surface area contributed by atoms with E-state index in [0.29, 0.717) is 42.2 Å². The van der Waals surface area contributed by atoms with Crippen LogP contribution in [0.3, 0.4) is 0 Å². The molecule has 1 aliphatic carbocycles. The number of fused-ring (bicyclic) bond motifs is 2. The highest BCUT2D eigenvalue weighted by molar-refractivity contribution is 5.84. The number of anilines is 1. The van der Waals surface area contributed by atoms with Crippen LogP contribution in [-0.4, -0.2) is 58.9 Å². The van der Waals surface area contributed by atoms with Crippen molar-refractivity contribution in [2.75, 3.05) is 11.9 Å². The van der Waals surface area contributed by atoms with Crippen molar-refractivity contribution in [3.05, 3.63) is 65.1 Å². The Kier molecular flexibility index (Phi) is 5.34. The molecule has 3 aromatic heterocycles. The zero-order chi connectivity index (χ0) is 23.6. The van der Waals surface area contributed by atoms with E-state index in [2.05, 4.69) is 70.2 Å². The number of nitrogens with zero attached hydrogens (tertiary/aromatic N) is 9. The van der Waals surface area contributed by atoms with E-state index in [9.17, 15) is 5.26 Å². The Bertz CT molecular complexity index is 1390. The number of nitrogens with one attached hydrogen (secondary N) is 2. The Balaban J connectivity index is 1.11. The molecule has 4 aromatic rings. The minimum Gasteiger partial charge on any atom is -0.420 e. The van der Waals surface area contributed by atoms with Gasteiger partial charge < -0.3 is 14.6 Å². The van der Waals surface area contributed by atoms with Crippen LogP contribution in [0.4, 0.5) is 5.95 Å². The lowest BCUT2D eigenvalue weighted by atomic mass is 10.1. The summed E-state index contributed by atoms with van der Waals surface area (Å²) in [5.74, 6) is 1.77. The number of aromatic nitrogens is 7. The number of hydrogen-bond donors (Lipinski definition) is 2. The average molecular weight is 467 g/mol. The Labute approximate surface area is 200 Å². The molecule has 0 fully saturated rings. The lowest BCUT2D eigenvalue weighted by Crippen LogP contribution is -2.37. The third kappa shape index (κ3) is 4.31. The molecule has 0 amide bonds. The fourth-order valence-electron chi connectivity index (χ4n) is 4.54. The second kappa shape index (κ2) is 8.94. The van der Waals surface area contributed by atoms with E-state index in [-0.39, 0.29) is 12.5 Å². The summed E-state index contributed by atoms with van der Waals surface area (Å²) in [6.07, 6.45) is 8.08. The quantitative estimate of drug-likeness (QED) is 0.251. The molecule has 0 bridgehead atoms. The van der Waals surface area contributed by atoms with Gasteiger partial charge in [-0.15, -0.1) is 15.3 Å². The number of hydrogen-bond acceptors (Lipinski definition) is 10. The van der Waals surface area contributed by atoms with Crippen LogP contribution >= 0.6 is 0 Å². The summed E-state index contributed by atoms with van der Waals surface area (Å²) in [6.45, 7) is 1.20. The predicted molar refractivity (Wildman–Crippen MR) is 124 cm³/mol. The summed E-state index contributed by atoms with van der Waals surface area (Å²) < 4.78 is 5.83. The van der Waals surface area contributed by atoms with Crippen molar-refractivity contribution in [3.8, 4) is 17.6 Å². The largest absolute Gasteiger partial charge is 0.420 e. The van der Waals surface area contributed by atoms with Crippen LogP contribution in [0.1, 0.15) is 28.4 Å². The zero-order valence-electron chi connectivity index (χ0n) is 18.7. The number of amidine groups is 1. The van der Waals surface area contributed by atoms with Crippen LogP contribution in [0.5, 0.6) is 0 Å². The summed E-state index contributed by atoms with van der Waals surface area (Å²) in [5.41, 5.74) is 5.21. The van der Waals surface area contributed by atoms with E-state index >= 15 is 0 Å². The number of aliphatic imine (C=N–C) groups is 1. The molecule has 0 atom stereocenters. The van der Waals surface area contributed by atoms with E-state index in [1.807, 2.05) is 11.1 Å². The first-order valence-electron chi connectivity index (χ1n) is 11.3. The third-order valence-electron chi connectivity index (χ3n) is 6.28. The molecule has 0 saturated heterocycles. The molecule has 0 saturated carbocycles. The monoisotopic (exact) mass is 467 g/mol. The van der Waals surface area contributed by atoms with Crippen LogP contribution in [0.15, 0.2) is 46.1 Å². The predicted octanol–water partition coefficient (Wildman–Crippen LogP) is 1.70. The van der Waals surface area contributed by atoms with E-state index in [1.165, 1.54) is 11.1 Å². The van der Waals surface area contributed by atoms with Gasteiger partial charge in [0.15, 0.2) is 0 Å². The molecule has 1 aromatic carbocycles. The van der Waals surface area contributed by atoms with Gasteiger partial charge in [0, 0.05) is 31.4 Å². The molecule has 6 rings (SSSR count). The molecule has 2 N–H and O–H groups in total. The molecule has 174 valence electrons.